The van der Waals surface area contributed by atoms with E-state index in [0.717, 1.165) is 35.8 Å². The monoisotopic (exact) mass is 410 g/mol. The molecule has 2 aromatic carbocycles. The van der Waals surface area contributed by atoms with E-state index in [4.69, 9.17) is 21.1 Å². The fourth-order valence-corrected chi connectivity index (χ4v) is 6.45. The highest BCUT2D eigenvalue weighted by atomic mass is 35.5. The number of allylic oxidation sites excluding steroid dienone is 1. The summed E-state index contributed by atoms with van der Waals surface area (Å²) in [4.78, 5) is -0.0135. The van der Waals surface area contributed by atoms with Crippen LogP contribution < -0.4 is 4.74 Å². The zero-order valence-corrected chi connectivity index (χ0v) is 17.3. The molecule has 0 aromatic heterocycles. The van der Waals surface area contributed by atoms with Crippen LogP contribution in [0.2, 0.25) is 0 Å². The van der Waals surface area contributed by atoms with Gasteiger partial charge in [0.15, 0.2) is 0 Å². The van der Waals surface area contributed by atoms with E-state index in [0.29, 0.717) is 25.0 Å². The Labute approximate surface area is 177 Å². The highest BCUT2D eigenvalue weighted by Gasteiger charge is 2.53. The van der Waals surface area contributed by atoms with Crippen molar-refractivity contribution in [3.63, 3.8) is 0 Å². The molecule has 0 saturated heterocycles. The van der Waals surface area contributed by atoms with Gasteiger partial charge in [0.1, 0.15) is 30.5 Å². The van der Waals surface area contributed by atoms with Gasteiger partial charge in [0.25, 0.3) is 0 Å². The number of aromatic hydroxyl groups is 1. The van der Waals surface area contributed by atoms with Gasteiger partial charge in [-0.05, 0) is 79.7 Å². The molecule has 4 aliphatic carbocycles. The Hall–Kier alpha value is -2.13. The van der Waals surface area contributed by atoms with Crippen LogP contribution in [0.5, 0.6) is 11.5 Å². The zero-order chi connectivity index (χ0) is 19.8. The second-order valence-electron chi connectivity index (χ2n) is 8.84. The third-order valence-electron chi connectivity index (χ3n) is 6.71. The summed E-state index contributed by atoms with van der Waals surface area (Å²) in [6.45, 7) is 0.954. The van der Waals surface area contributed by atoms with Crippen LogP contribution in [0.4, 0.5) is 0 Å². The second-order valence-corrected chi connectivity index (χ2v) is 9.64. The van der Waals surface area contributed by atoms with Crippen LogP contribution in [0.3, 0.4) is 0 Å². The number of para-hydroxylation sites is 1. The molecule has 0 spiro atoms. The molecule has 0 aliphatic heterocycles. The predicted molar refractivity (Wildman–Crippen MR) is 115 cm³/mol. The molecule has 0 amide bonds. The van der Waals surface area contributed by atoms with Crippen molar-refractivity contribution >= 4 is 17.4 Å². The van der Waals surface area contributed by atoms with Crippen LogP contribution in [0.1, 0.15) is 37.7 Å². The van der Waals surface area contributed by atoms with Gasteiger partial charge in [-0.3, -0.25) is 0 Å². The Kier molecular flexibility index (Phi) is 4.95. The molecule has 4 heteroatoms. The first kappa shape index (κ1) is 18.9. The van der Waals surface area contributed by atoms with Gasteiger partial charge in [0.2, 0.25) is 0 Å². The number of hydrogen-bond donors (Lipinski definition) is 1. The van der Waals surface area contributed by atoms with E-state index in [2.05, 4.69) is 0 Å². The second kappa shape index (κ2) is 7.60. The summed E-state index contributed by atoms with van der Waals surface area (Å²) in [6.07, 6.45) is 5.69. The summed E-state index contributed by atoms with van der Waals surface area (Å²) in [7, 11) is 0. The summed E-state index contributed by atoms with van der Waals surface area (Å²) in [5.74, 6) is 3.79. The Morgan fingerprint density at radius 1 is 0.966 bits per heavy atom. The molecule has 3 nitrogen and oxygen atoms in total. The summed E-state index contributed by atoms with van der Waals surface area (Å²) < 4.78 is 12.2. The minimum atomic E-state index is -0.0135. The van der Waals surface area contributed by atoms with Crippen LogP contribution >= 0.6 is 11.6 Å². The highest BCUT2D eigenvalue weighted by molar-refractivity contribution is 6.24. The van der Waals surface area contributed by atoms with E-state index in [-0.39, 0.29) is 10.6 Å². The van der Waals surface area contributed by atoms with Crippen molar-refractivity contribution in [3.8, 4) is 11.5 Å². The molecule has 4 fully saturated rings. The number of alkyl halides is 1. The first-order chi connectivity index (χ1) is 14.1. The maximum atomic E-state index is 10.0. The molecule has 0 heterocycles. The molecule has 0 radical (unpaired) electrons. The largest absolute Gasteiger partial charge is 0.508 e. The number of hydrogen-bond acceptors (Lipinski definition) is 3. The van der Waals surface area contributed by atoms with Gasteiger partial charge in [-0.2, -0.15) is 0 Å². The minimum Gasteiger partial charge on any atom is -0.508 e. The normalized spacial score (nSPS) is 29.7. The van der Waals surface area contributed by atoms with Gasteiger partial charge in [-0.1, -0.05) is 30.3 Å². The lowest BCUT2D eigenvalue weighted by Crippen LogP contribution is -2.49. The van der Waals surface area contributed by atoms with Gasteiger partial charge in [-0.25, -0.2) is 0 Å². The minimum absolute atomic E-state index is 0.0135. The summed E-state index contributed by atoms with van der Waals surface area (Å²) >= 11 is 6.94. The van der Waals surface area contributed by atoms with Crippen molar-refractivity contribution in [2.24, 2.45) is 17.8 Å². The van der Waals surface area contributed by atoms with E-state index in [1.54, 1.807) is 6.07 Å². The van der Waals surface area contributed by atoms with Crippen LogP contribution in [0, 0.1) is 17.8 Å². The molecule has 4 aliphatic rings. The number of phenols is 1. The third-order valence-corrected chi connectivity index (χ3v) is 7.17. The maximum Gasteiger partial charge on any atom is 0.126 e. The summed E-state index contributed by atoms with van der Waals surface area (Å²) in [6, 6.07) is 17.2. The highest BCUT2D eigenvalue weighted by Crippen LogP contribution is 2.61. The maximum absolute atomic E-state index is 10.0. The lowest BCUT2D eigenvalue weighted by Gasteiger charge is -2.55. The molecular formula is C25H27ClO3. The lowest BCUT2D eigenvalue weighted by atomic mass is 9.53. The van der Waals surface area contributed by atoms with Crippen LogP contribution in [0.25, 0.3) is 5.76 Å². The van der Waals surface area contributed by atoms with E-state index in [1.165, 1.54) is 24.8 Å². The SMILES string of the molecule is Oc1cccc(C(OCCOc2ccccc2)=C2C3CC4CC2CC(Cl)(C4)C3)c1. The number of benzene rings is 2. The average Bonchev–Trinajstić information content (AvgIpc) is 2.69. The van der Waals surface area contributed by atoms with Gasteiger partial charge in [-0.15, -0.1) is 11.6 Å². The molecule has 2 atom stereocenters. The van der Waals surface area contributed by atoms with Crippen molar-refractivity contribution in [2.45, 2.75) is 37.0 Å². The average molecular weight is 411 g/mol. The molecule has 2 unspecified atom stereocenters. The summed E-state index contributed by atoms with van der Waals surface area (Å²) in [5.41, 5.74) is 2.37. The van der Waals surface area contributed by atoms with Gasteiger partial charge in [0, 0.05) is 10.4 Å². The zero-order valence-electron chi connectivity index (χ0n) is 16.5. The van der Waals surface area contributed by atoms with Crippen molar-refractivity contribution in [2.75, 3.05) is 13.2 Å². The van der Waals surface area contributed by atoms with E-state index in [1.807, 2.05) is 48.5 Å². The smallest absolute Gasteiger partial charge is 0.126 e. The third kappa shape index (κ3) is 3.85. The first-order valence-corrected chi connectivity index (χ1v) is 11.0. The number of rotatable bonds is 6. The van der Waals surface area contributed by atoms with E-state index >= 15 is 0 Å². The Morgan fingerprint density at radius 3 is 2.41 bits per heavy atom. The Balaban J connectivity index is 1.40. The lowest BCUT2D eigenvalue weighted by molar-refractivity contribution is 0.0820. The van der Waals surface area contributed by atoms with Crippen LogP contribution in [0.15, 0.2) is 60.2 Å². The van der Waals surface area contributed by atoms with E-state index in [9.17, 15) is 5.11 Å². The van der Waals surface area contributed by atoms with Crippen molar-refractivity contribution in [1.29, 1.82) is 0 Å². The quantitative estimate of drug-likeness (QED) is 0.359. The van der Waals surface area contributed by atoms with Crippen molar-refractivity contribution in [3.05, 3.63) is 65.7 Å². The molecule has 1 N–H and O–H groups in total. The number of halogens is 1. The number of phenolic OH excluding ortho intramolecular Hbond substituents is 1. The molecule has 29 heavy (non-hydrogen) atoms. The first-order valence-electron chi connectivity index (χ1n) is 10.6. The molecule has 6 rings (SSSR count). The molecule has 4 saturated carbocycles. The van der Waals surface area contributed by atoms with Crippen molar-refractivity contribution in [1.82, 2.24) is 0 Å². The topological polar surface area (TPSA) is 38.7 Å². The van der Waals surface area contributed by atoms with Gasteiger partial charge in [0.05, 0.1) is 0 Å². The molecule has 4 bridgehead atoms. The van der Waals surface area contributed by atoms with Crippen LogP contribution in [-0.4, -0.2) is 23.2 Å². The fraction of sp³-hybridized carbons (Fsp3) is 0.440. The van der Waals surface area contributed by atoms with E-state index < -0.39 is 0 Å². The standard InChI is InChI=1S/C25H27ClO3/c26-25-14-17-11-19(15-25)23(20(12-17)16-25)24(18-5-4-6-21(27)13-18)29-10-9-28-22-7-2-1-3-8-22/h1-8,13,17,19-20,27H,9-12,14-16H2. The molecule has 152 valence electrons. The van der Waals surface area contributed by atoms with Crippen LogP contribution in [-0.2, 0) is 4.74 Å². The number of ether oxygens (including phenoxy) is 2. The predicted octanol–water partition coefficient (Wildman–Crippen LogP) is 6.02. The van der Waals surface area contributed by atoms with Gasteiger partial charge < -0.3 is 14.6 Å². The molecular weight excluding hydrogens is 384 g/mol. The molecule has 2 aromatic rings. The Morgan fingerprint density at radius 2 is 1.72 bits per heavy atom. The van der Waals surface area contributed by atoms with Gasteiger partial charge >= 0.3 is 0 Å². The fourth-order valence-electron chi connectivity index (χ4n) is 5.86. The van der Waals surface area contributed by atoms with Crippen molar-refractivity contribution < 1.29 is 14.6 Å². The Bertz CT molecular complexity index is 889. The summed E-state index contributed by atoms with van der Waals surface area (Å²) in [5, 5.41) is 10.0.